The number of fused-ring (bicyclic) bond motifs is 11. The molecule has 0 saturated carbocycles. The minimum atomic E-state index is -3.07. The van der Waals surface area contributed by atoms with E-state index in [-0.39, 0.29) is 0 Å². The zero-order valence-electron chi connectivity index (χ0n) is 35.3. The minimum Gasteiger partial charge on any atom is -0.457 e. The van der Waals surface area contributed by atoms with Crippen LogP contribution in [0.2, 0.25) is 0 Å². The molecule has 0 amide bonds. The van der Waals surface area contributed by atoms with Crippen LogP contribution < -0.4 is 25.5 Å². The first-order valence-corrected chi connectivity index (χ1v) is 24.3. The first-order chi connectivity index (χ1) is 32.3. The molecule has 3 aromatic heterocycles. The van der Waals surface area contributed by atoms with Gasteiger partial charge in [-0.25, -0.2) is 0 Å². The number of hydrogen-bond acceptors (Lipinski definition) is 1. The third-order valence-electron chi connectivity index (χ3n) is 14.0. The molecule has 0 fully saturated rings. The van der Waals surface area contributed by atoms with Gasteiger partial charge in [-0.1, -0.05) is 164 Å². The maximum Gasteiger partial charge on any atom is 0.188 e. The third kappa shape index (κ3) is 5.07. The van der Waals surface area contributed by atoms with Gasteiger partial charge in [-0.05, 0) is 81.4 Å². The van der Waals surface area contributed by atoms with Crippen molar-refractivity contribution >= 4 is 94.2 Å². The largest absolute Gasteiger partial charge is 0.457 e. The smallest absolute Gasteiger partial charge is 0.188 e. The lowest BCUT2D eigenvalue weighted by molar-refractivity contribution is 0.486. The minimum absolute atomic E-state index is 0.887. The standard InChI is InChI=1S/C60H39N3OSi/c1-2-16-43(17-3-1)65(44-34-30-40(31-35-44)61-51-24-10-4-18-45(51)46-19-5-11-25-52(46)61)59-36-32-41(62-53-26-12-6-20-47(53)48-21-7-13-27-54(48)62)38-57(59)64-58-39-42(33-37-60(58)65)63-55-28-14-8-22-49(55)50-23-9-15-29-56(50)63/h1-39H. The van der Waals surface area contributed by atoms with E-state index in [1.165, 1.54) is 86.2 Å². The highest BCUT2D eigenvalue weighted by atomic mass is 28.3. The maximum atomic E-state index is 7.38. The van der Waals surface area contributed by atoms with Crippen molar-refractivity contribution in [3.8, 4) is 28.6 Å². The average molecular weight is 846 g/mol. The normalized spacial score (nSPS) is 13.2. The van der Waals surface area contributed by atoms with E-state index in [2.05, 4.69) is 250 Å². The summed E-state index contributed by atoms with van der Waals surface area (Å²) in [7, 11) is -3.07. The van der Waals surface area contributed by atoms with Crippen molar-refractivity contribution in [1.29, 1.82) is 0 Å². The maximum absolute atomic E-state index is 7.38. The molecule has 0 saturated heterocycles. The van der Waals surface area contributed by atoms with E-state index in [0.717, 1.165) is 28.6 Å². The number of rotatable bonds is 5. The van der Waals surface area contributed by atoms with Gasteiger partial charge in [0.15, 0.2) is 8.07 Å². The number of aromatic nitrogens is 3. The van der Waals surface area contributed by atoms with E-state index >= 15 is 0 Å². The van der Waals surface area contributed by atoms with Crippen LogP contribution in [-0.2, 0) is 0 Å². The number of nitrogens with zero attached hydrogens (tertiary/aromatic N) is 3. The molecule has 0 radical (unpaired) electrons. The molecule has 0 spiro atoms. The van der Waals surface area contributed by atoms with Crippen LogP contribution in [0.4, 0.5) is 0 Å². The molecule has 0 unspecified atom stereocenters. The van der Waals surface area contributed by atoms with Gasteiger partial charge in [0.2, 0.25) is 0 Å². The van der Waals surface area contributed by atoms with Crippen LogP contribution in [0.3, 0.4) is 0 Å². The molecule has 5 heteroatoms. The Morgan fingerprint density at radius 3 is 0.923 bits per heavy atom. The summed E-state index contributed by atoms with van der Waals surface area (Å²) in [4.78, 5) is 0. The molecule has 4 heterocycles. The molecule has 0 N–H and O–H groups in total. The molecule has 0 atom stereocenters. The van der Waals surface area contributed by atoms with Crippen LogP contribution in [-0.4, -0.2) is 21.8 Å². The first-order valence-electron chi connectivity index (χ1n) is 22.3. The molecule has 10 aromatic carbocycles. The highest BCUT2D eigenvalue weighted by Gasteiger charge is 2.48. The summed E-state index contributed by atoms with van der Waals surface area (Å²) < 4.78 is 14.6. The molecule has 0 aliphatic carbocycles. The monoisotopic (exact) mass is 845 g/mol. The fraction of sp³-hybridized carbons (Fsp3) is 0. The van der Waals surface area contributed by atoms with Crippen molar-refractivity contribution in [2.45, 2.75) is 0 Å². The Morgan fingerprint density at radius 2 is 0.554 bits per heavy atom. The Bertz CT molecular complexity index is 3720. The van der Waals surface area contributed by atoms with Crippen molar-refractivity contribution in [2.75, 3.05) is 0 Å². The lowest BCUT2D eigenvalue weighted by atomic mass is 10.2. The molecule has 65 heavy (non-hydrogen) atoms. The van der Waals surface area contributed by atoms with Gasteiger partial charge in [0.1, 0.15) is 11.5 Å². The highest BCUT2D eigenvalue weighted by Crippen LogP contribution is 2.39. The molecule has 13 aromatic rings. The molecular weight excluding hydrogens is 807 g/mol. The van der Waals surface area contributed by atoms with Crippen LogP contribution >= 0.6 is 0 Å². The molecule has 304 valence electrons. The van der Waals surface area contributed by atoms with Gasteiger partial charge in [0, 0.05) is 61.5 Å². The van der Waals surface area contributed by atoms with Crippen molar-refractivity contribution in [3.63, 3.8) is 0 Å². The van der Waals surface area contributed by atoms with E-state index in [1.807, 2.05) is 0 Å². The Hall–Kier alpha value is -8.38. The van der Waals surface area contributed by atoms with E-state index in [0.29, 0.717) is 0 Å². The molecular formula is C60H39N3OSi. The van der Waals surface area contributed by atoms with Crippen LogP contribution in [0.1, 0.15) is 0 Å². The summed E-state index contributed by atoms with van der Waals surface area (Å²) in [6.07, 6.45) is 0. The van der Waals surface area contributed by atoms with Crippen molar-refractivity contribution in [1.82, 2.24) is 13.7 Å². The van der Waals surface area contributed by atoms with Crippen molar-refractivity contribution < 1.29 is 4.74 Å². The molecule has 1 aliphatic rings. The lowest BCUT2D eigenvalue weighted by Crippen LogP contribution is -2.76. The van der Waals surface area contributed by atoms with Crippen LogP contribution in [0.25, 0.3) is 82.5 Å². The quantitative estimate of drug-likeness (QED) is 0.158. The second-order valence-corrected chi connectivity index (χ2v) is 21.0. The van der Waals surface area contributed by atoms with Crippen LogP contribution in [0.15, 0.2) is 237 Å². The summed E-state index contributed by atoms with van der Waals surface area (Å²) >= 11 is 0. The SMILES string of the molecule is c1ccc([Si]2(c3ccc(-n4c5ccccc5c5ccccc54)cc3)c3ccc(-n4c5ccccc5c5ccccc54)cc3Oc3cc(-n4c5ccccc5c5ccccc54)ccc32)cc1. The second-order valence-electron chi connectivity index (χ2n) is 17.2. The Balaban J connectivity index is 1.04. The predicted molar refractivity (Wildman–Crippen MR) is 273 cm³/mol. The Kier molecular flexibility index (Phi) is 7.68. The van der Waals surface area contributed by atoms with Gasteiger partial charge >= 0.3 is 0 Å². The molecule has 0 bridgehead atoms. The molecule has 4 nitrogen and oxygen atoms in total. The number of para-hydroxylation sites is 6. The zero-order chi connectivity index (χ0) is 42.6. The van der Waals surface area contributed by atoms with Crippen LogP contribution in [0.5, 0.6) is 11.5 Å². The molecule has 14 rings (SSSR count). The number of ether oxygens (including phenoxy) is 1. The zero-order valence-corrected chi connectivity index (χ0v) is 36.3. The Labute approximate surface area is 376 Å². The van der Waals surface area contributed by atoms with E-state index < -0.39 is 8.07 Å². The number of benzene rings is 10. The highest BCUT2D eigenvalue weighted by molar-refractivity contribution is 7.20. The van der Waals surface area contributed by atoms with Gasteiger partial charge in [0.05, 0.1) is 33.1 Å². The van der Waals surface area contributed by atoms with Crippen molar-refractivity contribution in [2.24, 2.45) is 0 Å². The lowest BCUT2D eigenvalue weighted by Gasteiger charge is -2.40. The van der Waals surface area contributed by atoms with Gasteiger partial charge in [-0.2, -0.15) is 0 Å². The fourth-order valence-electron chi connectivity index (χ4n) is 11.3. The molecule has 1 aliphatic heterocycles. The summed E-state index contributed by atoms with van der Waals surface area (Å²) in [5.41, 5.74) is 10.4. The van der Waals surface area contributed by atoms with E-state index in [1.54, 1.807) is 0 Å². The topological polar surface area (TPSA) is 24.0 Å². The summed E-state index contributed by atoms with van der Waals surface area (Å²) in [5.74, 6) is 1.77. The summed E-state index contributed by atoms with van der Waals surface area (Å²) in [6.45, 7) is 0. The summed E-state index contributed by atoms with van der Waals surface area (Å²) in [5, 5.41) is 12.5. The van der Waals surface area contributed by atoms with E-state index in [4.69, 9.17) is 4.74 Å². The van der Waals surface area contributed by atoms with Crippen molar-refractivity contribution in [3.05, 3.63) is 237 Å². The van der Waals surface area contributed by atoms with Crippen LogP contribution in [0, 0.1) is 0 Å². The van der Waals surface area contributed by atoms with E-state index in [9.17, 15) is 0 Å². The summed E-state index contributed by atoms with van der Waals surface area (Å²) in [6, 6.07) is 87.0. The average Bonchev–Trinajstić information content (AvgIpc) is 4.02. The predicted octanol–water partition coefficient (Wildman–Crippen LogP) is 12.5. The second kappa shape index (κ2) is 13.8. The Morgan fingerprint density at radius 1 is 0.262 bits per heavy atom. The number of hydrogen-bond donors (Lipinski definition) is 0. The van der Waals surface area contributed by atoms with Gasteiger partial charge in [0.25, 0.3) is 0 Å². The van der Waals surface area contributed by atoms with Gasteiger partial charge in [-0.15, -0.1) is 0 Å². The first kappa shape index (κ1) is 36.1. The van der Waals surface area contributed by atoms with Gasteiger partial charge < -0.3 is 18.4 Å². The fourth-order valence-corrected chi connectivity index (χ4v) is 16.2. The third-order valence-corrected chi connectivity index (χ3v) is 18.8. The van der Waals surface area contributed by atoms with Gasteiger partial charge in [-0.3, -0.25) is 0 Å².